The first-order valence-corrected chi connectivity index (χ1v) is 12.9. The smallest absolute Gasteiger partial charge is 0.255 e. The van der Waals surface area contributed by atoms with Gasteiger partial charge in [-0.3, -0.25) is 9.52 Å². The molecule has 8 heteroatoms. The topological polar surface area (TPSA) is 78.9 Å². The van der Waals surface area contributed by atoms with Crippen LogP contribution in [0.3, 0.4) is 0 Å². The van der Waals surface area contributed by atoms with Crippen molar-refractivity contribution < 1.29 is 4.79 Å². The number of aromatic nitrogens is 2. The lowest BCUT2D eigenvalue weighted by molar-refractivity contribution is 0.102. The van der Waals surface area contributed by atoms with Gasteiger partial charge in [0.25, 0.3) is 5.91 Å². The second-order valence-electron chi connectivity index (χ2n) is 7.48. The summed E-state index contributed by atoms with van der Waals surface area (Å²) in [6, 6.07) is 19.8. The number of alkyl halides is 1. The van der Waals surface area contributed by atoms with Crippen molar-refractivity contribution in [3.8, 4) is 11.1 Å². The maximum absolute atomic E-state index is 13.0. The average Bonchev–Trinajstić information content (AvgIpc) is 2.84. The number of nitrogens with zero attached hydrogens (tertiary/aromatic N) is 2. The standard InChI is InChI=1S/C25H24IN5OS/c1-16-6-7-19(24(32)30-21-5-3-4-17(10-21)13-29-33-15-26)12-22(16)18-8-9-23-20(11-18)14-28-25(27-2)31-23/h3-12,14,29H,13,15H2,1-2H3,(H,30,32)(H,27,28,31). The molecular formula is C25H24IN5OS. The molecule has 0 radical (unpaired) electrons. The number of nitrogens with one attached hydrogen (secondary N) is 3. The molecule has 4 rings (SSSR count). The maximum Gasteiger partial charge on any atom is 0.255 e. The van der Waals surface area contributed by atoms with Crippen molar-refractivity contribution in [1.82, 2.24) is 14.7 Å². The normalized spacial score (nSPS) is 10.9. The Labute approximate surface area is 211 Å². The van der Waals surface area contributed by atoms with Crippen LogP contribution in [0, 0.1) is 6.92 Å². The van der Waals surface area contributed by atoms with E-state index in [1.165, 1.54) is 0 Å². The lowest BCUT2D eigenvalue weighted by atomic mass is 9.97. The van der Waals surface area contributed by atoms with Gasteiger partial charge in [0.15, 0.2) is 0 Å². The molecule has 0 aliphatic rings. The third-order valence-corrected chi connectivity index (χ3v) is 6.62. The minimum atomic E-state index is -0.134. The molecule has 0 atom stereocenters. The Morgan fingerprint density at radius 2 is 1.97 bits per heavy atom. The number of rotatable bonds is 8. The van der Waals surface area contributed by atoms with Gasteiger partial charge in [0, 0.05) is 36.4 Å². The van der Waals surface area contributed by atoms with Crippen LogP contribution >= 0.6 is 34.5 Å². The molecule has 1 heterocycles. The van der Waals surface area contributed by atoms with Gasteiger partial charge < -0.3 is 10.6 Å². The molecule has 1 aromatic heterocycles. The summed E-state index contributed by atoms with van der Waals surface area (Å²) < 4.78 is 4.28. The summed E-state index contributed by atoms with van der Waals surface area (Å²) in [7, 11) is 1.80. The minimum absolute atomic E-state index is 0.134. The van der Waals surface area contributed by atoms with E-state index in [0.29, 0.717) is 11.5 Å². The number of hydrogen-bond donors (Lipinski definition) is 3. The first-order chi connectivity index (χ1) is 16.1. The summed E-state index contributed by atoms with van der Waals surface area (Å²) in [4.78, 5) is 21.8. The van der Waals surface area contributed by atoms with Crippen LogP contribution in [0.1, 0.15) is 21.5 Å². The number of carbonyl (C=O) groups excluding carboxylic acids is 1. The van der Waals surface area contributed by atoms with E-state index >= 15 is 0 Å². The van der Waals surface area contributed by atoms with Gasteiger partial charge in [-0.2, -0.15) is 0 Å². The Kier molecular flexibility index (Phi) is 7.79. The molecular weight excluding hydrogens is 545 g/mol. The number of carbonyl (C=O) groups is 1. The van der Waals surface area contributed by atoms with Crippen LogP contribution in [0.25, 0.3) is 22.0 Å². The lowest BCUT2D eigenvalue weighted by Crippen LogP contribution is -2.12. The number of fused-ring (bicyclic) bond motifs is 1. The zero-order valence-corrected chi connectivity index (χ0v) is 21.3. The molecule has 0 bridgehead atoms. The van der Waals surface area contributed by atoms with Crippen LogP contribution in [0.15, 0.2) is 66.9 Å². The van der Waals surface area contributed by atoms with Gasteiger partial charge in [0.2, 0.25) is 5.95 Å². The summed E-state index contributed by atoms with van der Waals surface area (Å²) >= 11 is 3.97. The van der Waals surface area contributed by atoms with E-state index in [1.54, 1.807) is 19.0 Å². The second-order valence-corrected chi connectivity index (χ2v) is 10.1. The van der Waals surface area contributed by atoms with E-state index in [2.05, 4.69) is 54.0 Å². The van der Waals surface area contributed by atoms with Crippen molar-refractivity contribution in [2.75, 3.05) is 21.4 Å². The average molecular weight is 569 g/mol. The minimum Gasteiger partial charge on any atom is -0.357 e. The van der Waals surface area contributed by atoms with Crippen LogP contribution in [-0.2, 0) is 6.54 Å². The van der Waals surface area contributed by atoms with E-state index < -0.39 is 0 Å². The highest BCUT2D eigenvalue weighted by Crippen LogP contribution is 2.28. The van der Waals surface area contributed by atoms with Gasteiger partial charge in [-0.25, -0.2) is 9.97 Å². The van der Waals surface area contributed by atoms with Crippen molar-refractivity contribution in [3.05, 3.63) is 83.6 Å². The number of anilines is 2. The van der Waals surface area contributed by atoms with Gasteiger partial charge in [-0.1, -0.05) is 58.8 Å². The van der Waals surface area contributed by atoms with Gasteiger partial charge in [0.05, 0.1) is 9.28 Å². The van der Waals surface area contributed by atoms with Crippen molar-refractivity contribution in [1.29, 1.82) is 0 Å². The number of amides is 1. The predicted octanol–water partition coefficient (Wildman–Crippen LogP) is 6.03. The van der Waals surface area contributed by atoms with Crippen LogP contribution in [0.4, 0.5) is 11.6 Å². The highest BCUT2D eigenvalue weighted by Gasteiger charge is 2.11. The molecule has 1 amide bonds. The quantitative estimate of drug-likeness (QED) is 0.104. The summed E-state index contributed by atoms with van der Waals surface area (Å²) in [6.45, 7) is 2.79. The monoisotopic (exact) mass is 569 g/mol. The Hall–Kier alpha value is -2.69. The summed E-state index contributed by atoms with van der Waals surface area (Å²) in [6.07, 6.45) is 1.81. The van der Waals surface area contributed by atoms with Crippen LogP contribution in [-0.4, -0.2) is 26.7 Å². The predicted molar refractivity (Wildman–Crippen MR) is 147 cm³/mol. The van der Waals surface area contributed by atoms with E-state index in [9.17, 15) is 4.79 Å². The fraction of sp³-hybridized carbons (Fsp3) is 0.160. The Morgan fingerprint density at radius 3 is 2.79 bits per heavy atom. The zero-order valence-electron chi connectivity index (χ0n) is 18.4. The molecule has 4 aromatic rings. The molecule has 3 aromatic carbocycles. The molecule has 0 unspecified atom stereocenters. The van der Waals surface area contributed by atoms with E-state index in [0.717, 1.165) is 49.1 Å². The third-order valence-electron chi connectivity index (χ3n) is 5.23. The molecule has 0 saturated carbocycles. The van der Waals surface area contributed by atoms with Crippen molar-refractivity contribution in [2.24, 2.45) is 0 Å². The Morgan fingerprint density at radius 1 is 1.09 bits per heavy atom. The van der Waals surface area contributed by atoms with Gasteiger partial charge in [0.1, 0.15) is 0 Å². The number of benzene rings is 3. The second kappa shape index (κ2) is 11.0. The molecule has 0 aliphatic carbocycles. The number of aryl methyl sites for hydroxylation is 1. The fourth-order valence-corrected chi connectivity index (χ4v) is 4.54. The van der Waals surface area contributed by atoms with Crippen LogP contribution < -0.4 is 15.4 Å². The van der Waals surface area contributed by atoms with Gasteiger partial charge in [-0.15, -0.1) is 0 Å². The molecule has 0 spiro atoms. The fourth-order valence-electron chi connectivity index (χ4n) is 3.53. The Bertz CT molecular complexity index is 1300. The van der Waals surface area contributed by atoms with Crippen LogP contribution in [0.5, 0.6) is 0 Å². The molecule has 6 nitrogen and oxygen atoms in total. The van der Waals surface area contributed by atoms with E-state index in [4.69, 9.17) is 0 Å². The summed E-state index contributed by atoms with van der Waals surface area (Å²) in [5.41, 5.74) is 6.52. The first kappa shape index (κ1) is 23.5. The van der Waals surface area contributed by atoms with Crippen molar-refractivity contribution in [3.63, 3.8) is 0 Å². The SMILES string of the molecule is CNc1ncc2cc(-c3cc(C(=O)Nc4cccc(CNSCI)c4)ccc3C)ccc2n1. The summed E-state index contributed by atoms with van der Waals surface area (Å²) in [5.74, 6) is 0.458. The molecule has 3 N–H and O–H groups in total. The van der Waals surface area contributed by atoms with Crippen LogP contribution in [0.2, 0.25) is 0 Å². The first-order valence-electron chi connectivity index (χ1n) is 10.4. The molecule has 0 aliphatic heterocycles. The lowest BCUT2D eigenvalue weighted by Gasteiger charge is -2.12. The van der Waals surface area contributed by atoms with E-state index in [1.807, 2.05) is 67.7 Å². The largest absolute Gasteiger partial charge is 0.357 e. The highest BCUT2D eigenvalue weighted by atomic mass is 127. The molecule has 0 saturated heterocycles. The van der Waals surface area contributed by atoms with Crippen molar-refractivity contribution >= 4 is 63.0 Å². The number of hydrogen-bond acceptors (Lipinski definition) is 6. The van der Waals surface area contributed by atoms with Gasteiger partial charge in [-0.05, 0) is 65.6 Å². The number of halogens is 1. The van der Waals surface area contributed by atoms with E-state index in [-0.39, 0.29) is 5.91 Å². The molecule has 168 valence electrons. The summed E-state index contributed by atoms with van der Waals surface area (Å²) in [5, 5.41) is 6.94. The maximum atomic E-state index is 13.0. The van der Waals surface area contributed by atoms with Crippen molar-refractivity contribution in [2.45, 2.75) is 13.5 Å². The third kappa shape index (κ3) is 5.82. The molecule has 33 heavy (non-hydrogen) atoms. The Balaban J connectivity index is 1.56. The van der Waals surface area contributed by atoms with Gasteiger partial charge >= 0.3 is 0 Å². The highest BCUT2D eigenvalue weighted by molar-refractivity contribution is 14.1. The molecule has 0 fully saturated rings. The zero-order chi connectivity index (χ0) is 23.2.